The van der Waals surface area contributed by atoms with Crippen molar-refractivity contribution in [2.24, 2.45) is 5.41 Å². The van der Waals surface area contributed by atoms with Crippen LogP contribution in [-0.2, 0) is 24.2 Å². The van der Waals surface area contributed by atoms with E-state index in [1.807, 2.05) is 17.0 Å². The number of ether oxygens (including phenoxy) is 2. The van der Waals surface area contributed by atoms with Crippen LogP contribution in [0, 0.1) is 11.2 Å². The van der Waals surface area contributed by atoms with Gasteiger partial charge >= 0.3 is 5.97 Å². The fourth-order valence-electron chi connectivity index (χ4n) is 4.35. The molecule has 1 saturated heterocycles. The molecule has 2 aromatic carbocycles. The normalized spacial score (nSPS) is 17.4. The van der Waals surface area contributed by atoms with E-state index in [1.54, 1.807) is 12.1 Å². The van der Waals surface area contributed by atoms with Crippen LogP contribution in [0.4, 0.5) is 4.39 Å². The summed E-state index contributed by atoms with van der Waals surface area (Å²) in [7, 11) is 1.51. The smallest absolute Gasteiger partial charge is 0.317 e. The fourth-order valence-corrected chi connectivity index (χ4v) is 4.35. The molecular weight excluding hydrogens is 349 g/mol. The summed E-state index contributed by atoms with van der Waals surface area (Å²) in [6.07, 6.45) is 1.90. The number of carboxylic acids is 1. The van der Waals surface area contributed by atoms with Crippen molar-refractivity contribution in [3.05, 3.63) is 58.9 Å². The number of rotatable bonds is 6. The first-order valence-corrected chi connectivity index (χ1v) is 8.98. The molecule has 1 heterocycles. The Morgan fingerprint density at radius 3 is 2.74 bits per heavy atom. The zero-order valence-electron chi connectivity index (χ0n) is 15.2. The van der Waals surface area contributed by atoms with Crippen molar-refractivity contribution >= 4 is 5.97 Å². The van der Waals surface area contributed by atoms with E-state index in [9.17, 15) is 9.18 Å². The van der Waals surface area contributed by atoms with Crippen LogP contribution in [0.25, 0.3) is 0 Å². The summed E-state index contributed by atoms with van der Waals surface area (Å²) in [5, 5.41) is 8.91. The fraction of sp³-hybridized carbons (Fsp3) is 0.381. The van der Waals surface area contributed by atoms with Crippen LogP contribution in [0.5, 0.6) is 11.5 Å². The number of aliphatic carboxylic acids is 1. The molecular formula is C21H22FNO4. The Morgan fingerprint density at radius 1 is 1.22 bits per heavy atom. The van der Waals surface area contributed by atoms with E-state index in [0.717, 1.165) is 25.9 Å². The molecule has 0 radical (unpaired) electrons. The Balaban J connectivity index is 1.41. The van der Waals surface area contributed by atoms with Gasteiger partial charge in [0, 0.05) is 18.5 Å². The van der Waals surface area contributed by atoms with Gasteiger partial charge in [0.15, 0.2) is 0 Å². The van der Waals surface area contributed by atoms with Crippen molar-refractivity contribution in [3.8, 4) is 11.5 Å². The van der Waals surface area contributed by atoms with E-state index in [-0.39, 0.29) is 24.4 Å². The third-order valence-electron chi connectivity index (χ3n) is 5.46. The zero-order valence-corrected chi connectivity index (χ0v) is 15.2. The van der Waals surface area contributed by atoms with Gasteiger partial charge in [-0.1, -0.05) is 12.1 Å². The van der Waals surface area contributed by atoms with Crippen LogP contribution < -0.4 is 9.47 Å². The molecule has 1 N–H and O–H groups in total. The first kappa shape index (κ1) is 17.8. The van der Waals surface area contributed by atoms with E-state index in [2.05, 4.69) is 6.07 Å². The lowest BCUT2D eigenvalue weighted by atomic mass is 9.77. The summed E-state index contributed by atoms with van der Waals surface area (Å²) in [4.78, 5) is 12.8. The summed E-state index contributed by atoms with van der Waals surface area (Å²) in [6, 6.07) is 10.7. The predicted molar refractivity (Wildman–Crippen MR) is 97.6 cm³/mol. The Morgan fingerprint density at radius 2 is 2.00 bits per heavy atom. The van der Waals surface area contributed by atoms with Gasteiger partial charge in [-0.05, 0) is 48.2 Å². The van der Waals surface area contributed by atoms with Crippen molar-refractivity contribution in [1.82, 2.24) is 4.90 Å². The second kappa shape index (κ2) is 6.85. The maximum atomic E-state index is 14.0. The molecule has 1 fully saturated rings. The highest BCUT2D eigenvalue weighted by molar-refractivity contribution is 5.69. The minimum absolute atomic E-state index is 0.103. The number of methoxy groups -OCH3 is 1. The van der Waals surface area contributed by atoms with Gasteiger partial charge in [-0.25, -0.2) is 4.39 Å². The summed E-state index contributed by atoms with van der Waals surface area (Å²) in [6.45, 7) is 1.84. The van der Waals surface area contributed by atoms with Crippen LogP contribution >= 0.6 is 0 Å². The van der Waals surface area contributed by atoms with E-state index in [0.29, 0.717) is 17.1 Å². The molecule has 1 spiro atoms. The average Bonchev–Trinajstić information content (AvgIpc) is 2.98. The number of nitrogens with zero attached hydrogens (tertiary/aromatic N) is 1. The first-order chi connectivity index (χ1) is 13.0. The van der Waals surface area contributed by atoms with Gasteiger partial charge in [0.05, 0.1) is 19.2 Å². The number of hydrogen-bond acceptors (Lipinski definition) is 4. The second-order valence-electron chi connectivity index (χ2n) is 7.53. The highest BCUT2D eigenvalue weighted by Gasteiger charge is 2.47. The van der Waals surface area contributed by atoms with Gasteiger partial charge in [-0.2, -0.15) is 0 Å². The van der Waals surface area contributed by atoms with Gasteiger partial charge in [0.1, 0.15) is 23.9 Å². The quantitative estimate of drug-likeness (QED) is 0.846. The molecule has 0 unspecified atom stereocenters. The molecule has 0 atom stereocenters. The Hall–Kier alpha value is -2.60. The van der Waals surface area contributed by atoms with Crippen molar-refractivity contribution < 1.29 is 23.8 Å². The lowest BCUT2D eigenvalue weighted by Crippen LogP contribution is -2.58. The number of carboxylic acid groups (broad SMARTS) is 1. The molecule has 1 aliphatic heterocycles. The molecule has 5 nitrogen and oxygen atoms in total. The lowest BCUT2D eigenvalue weighted by Gasteiger charge is -2.47. The van der Waals surface area contributed by atoms with Crippen molar-refractivity contribution in [3.63, 3.8) is 0 Å². The molecule has 2 aliphatic rings. The Bertz CT molecular complexity index is 876. The number of fused-ring (bicyclic) bond motifs is 1. The maximum Gasteiger partial charge on any atom is 0.317 e. The summed E-state index contributed by atoms with van der Waals surface area (Å²) in [5.41, 5.74) is 3.09. The second-order valence-corrected chi connectivity index (χ2v) is 7.53. The third-order valence-corrected chi connectivity index (χ3v) is 5.46. The average molecular weight is 371 g/mol. The van der Waals surface area contributed by atoms with Crippen molar-refractivity contribution in [1.29, 1.82) is 0 Å². The molecule has 1 aliphatic carbocycles. The summed E-state index contributed by atoms with van der Waals surface area (Å²) < 4.78 is 25.1. The van der Waals surface area contributed by atoms with Crippen LogP contribution in [-0.4, -0.2) is 42.7 Å². The van der Waals surface area contributed by atoms with Crippen LogP contribution in [0.15, 0.2) is 36.4 Å². The van der Waals surface area contributed by atoms with Gasteiger partial charge < -0.3 is 14.6 Å². The van der Waals surface area contributed by atoms with E-state index in [1.165, 1.54) is 24.3 Å². The highest BCUT2D eigenvalue weighted by Crippen LogP contribution is 2.44. The highest BCUT2D eigenvalue weighted by atomic mass is 19.1. The van der Waals surface area contributed by atoms with Crippen LogP contribution in [0.2, 0.25) is 0 Å². The molecule has 0 aromatic heterocycles. The molecule has 6 heteroatoms. The van der Waals surface area contributed by atoms with Gasteiger partial charge in [0.25, 0.3) is 0 Å². The summed E-state index contributed by atoms with van der Waals surface area (Å²) >= 11 is 0. The molecule has 0 amide bonds. The third kappa shape index (κ3) is 3.49. The Labute approximate surface area is 157 Å². The van der Waals surface area contributed by atoms with Crippen molar-refractivity contribution in [2.75, 3.05) is 26.7 Å². The van der Waals surface area contributed by atoms with Gasteiger partial charge in [-0.3, -0.25) is 9.69 Å². The molecule has 0 bridgehead atoms. The standard InChI is InChI=1S/C21H22FNO4/c1-26-19-4-2-3-18(22)17(19)11-27-16-6-5-14-8-21(9-15(14)7-16)12-23(13-21)10-20(24)25/h2-7H,8-13H2,1H3,(H,24,25). The number of benzene rings is 2. The molecule has 142 valence electrons. The van der Waals surface area contributed by atoms with Gasteiger partial charge in [0.2, 0.25) is 0 Å². The number of likely N-dealkylation sites (tertiary alicyclic amines) is 1. The number of hydrogen-bond donors (Lipinski definition) is 1. The SMILES string of the molecule is COc1cccc(F)c1COc1ccc2c(c1)CC1(C2)CN(CC(=O)O)C1. The number of halogens is 1. The Kier molecular flexibility index (Phi) is 4.52. The molecule has 4 rings (SSSR count). The summed E-state index contributed by atoms with van der Waals surface area (Å²) in [5.74, 6) is 0.0583. The molecule has 0 saturated carbocycles. The minimum Gasteiger partial charge on any atom is -0.496 e. The van der Waals surface area contributed by atoms with Gasteiger partial charge in [-0.15, -0.1) is 0 Å². The number of carbonyl (C=O) groups is 1. The maximum absolute atomic E-state index is 14.0. The largest absolute Gasteiger partial charge is 0.496 e. The molecule has 2 aromatic rings. The predicted octanol–water partition coefficient (Wildman–Crippen LogP) is 2.90. The molecule has 27 heavy (non-hydrogen) atoms. The monoisotopic (exact) mass is 371 g/mol. The van der Waals surface area contributed by atoms with Crippen LogP contribution in [0.3, 0.4) is 0 Å². The van der Waals surface area contributed by atoms with E-state index >= 15 is 0 Å². The lowest BCUT2D eigenvalue weighted by molar-refractivity contribution is -0.141. The van der Waals surface area contributed by atoms with E-state index < -0.39 is 5.97 Å². The minimum atomic E-state index is -0.778. The van der Waals surface area contributed by atoms with E-state index in [4.69, 9.17) is 14.6 Å². The first-order valence-electron chi connectivity index (χ1n) is 8.98. The topological polar surface area (TPSA) is 59.0 Å². The zero-order chi connectivity index (χ0) is 19.0. The van der Waals surface area contributed by atoms with Crippen molar-refractivity contribution in [2.45, 2.75) is 19.4 Å². The van der Waals surface area contributed by atoms with Crippen LogP contribution in [0.1, 0.15) is 16.7 Å².